The van der Waals surface area contributed by atoms with Crippen LogP contribution >= 0.6 is 0 Å². The minimum absolute atomic E-state index is 0. The number of nitrogens with two attached hydrogens (primary N) is 1. The molecule has 0 rings (SSSR count). The van der Waals surface area contributed by atoms with Gasteiger partial charge in [0.15, 0.2) is 0 Å². The van der Waals surface area contributed by atoms with Crippen molar-refractivity contribution in [1.82, 2.24) is 0 Å². The molecule has 0 aliphatic rings. The zero-order valence-corrected chi connectivity index (χ0v) is 7.06. The molecule has 0 unspecified atom stereocenters. The monoisotopic (exact) mass is 111 g/mol. The molecule has 38 valence electrons. The summed E-state index contributed by atoms with van der Waals surface area (Å²) in [7, 11) is 0. The molecule has 0 spiro atoms. The van der Waals surface area contributed by atoms with Crippen LogP contribution in [0.2, 0.25) is 0 Å². The van der Waals surface area contributed by atoms with E-state index in [-0.39, 0.29) is 42.8 Å². The molecule has 2 nitrogen and oxygen atoms in total. The molecule has 0 fully saturated rings. The molecular weight excluding hydrogens is 101 g/mol. The number of hydrogen-bond acceptors (Lipinski definition) is 1. The predicted octanol–water partition coefficient (Wildman–Crippen LogP) is -2.76. The smallest absolute Gasteiger partial charge is 1.00 e. The van der Waals surface area contributed by atoms with E-state index in [1.807, 2.05) is 0 Å². The van der Waals surface area contributed by atoms with Crippen molar-refractivity contribution >= 4 is 5.91 Å². The van der Waals surface area contributed by atoms with Crippen LogP contribution in [0.15, 0.2) is 0 Å². The van der Waals surface area contributed by atoms with Crippen molar-refractivity contribution in [2.45, 2.75) is 13.8 Å². The standard InChI is InChI=1S/C4H9NO.Na.H/c1-3(2)4(5)6;;/h3H,1-2H3,(H2,5,6);;/q;+1;-1. The molecule has 0 aromatic rings. The summed E-state index contributed by atoms with van der Waals surface area (Å²) >= 11 is 0. The SMILES string of the molecule is CC(C)C(N)=O.[H-].[Na+]. The van der Waals surface area contributed by atoms with E-state index in [2.05, 4.69) is 0 Å². The average molecular weight is 111 g/mol. The molecule has 0 saturated carbocycles. The molecule has 0 radical (unpaired) electrons. The summed E-state index contributed by atoms with van der Waals surface area (Å²) in [5.41, 5.74) is 4.80. The van der Waals surface area contributed by atoms with E-state index in [1.165, 1.54) is 0 Å². The van der Waals surface area contributed by atoms with Crippen molar-refractivity contribution in [1.29, 1.82) is 0 Å². The first-order valence-electron chi connectivity index (χ1n) is 1.94. The number of amides is 1. The van der Waals surface area contributed by atoms with Crippen LogP contribution in [-0.4, -0.2) is 5.91 Å². The third-order valence-corrected chi connectivity index (χ3v) is 0.569. The van der Waals surface area contributed by atoms with Crippen LogP contribution in [0.3, 0.4) is 0 Å². The van der Waals surface area contributed by atoms with Crippen molar-refractivity contribution in [3.63, 3.8) is 0 Å². The van der Waals surface area contributed by atoms with E-state index in [9.17, 15) is 4.79 Å². The Bertz CT molecular complexity index is 67.1. The van der Waals surface area contributed by atoms with Gasteiger partial charge in [-0.3, -0.25) is 4.79 Å². The molecule has 0 atom stereocenters. The van der Waals surface area contributed by atoms with Crippen LogP contribution < -0.4 is 35.3 Å². The summed E-state index contributed by atoms with van der Waals surface area (Å²) in [6, 6.07) is 0. The van der Waals surface area contributed by atoms with Gasteiger partial charge in [-0.25, -0.2) is 0 Å². The summed E-state index contributed by atoms with van der Waals surface area (Å²) in [5.74, 6) is -0.250. The molecule has 3 heteroatoms. The fourth-order valence-corrected chi connectivity index (χ4v) is 0. The third-order valence-electron chi connectivity index (χ3n) is 0.569. The van der Waals surface area contributed by atoms with E-state index in [1.54, 1.807) is 13.8 Å². The van der Waals surface area contributed by atoms with Gasteiger partial charge in [0, 0.05) is 5.92 Å². The zero-order chi connectivity index (χ0) is 5.15. The Kier molecular flexibility index (Phi) is 6.90. The molecule has 7 heavy (non-hydrogen) atoms. The topological polar surface area (TPSA) is 43.1 Å². The quantitative estimate of drug-likeness (QED) is 0.366. The number of carbonyl (C=O) groups is 1. The molecule has 0 saturated heterocycles. The molecule has 2 N–H and O–H groups in total. The van der Waals surface area contributed by atoms with Crippen molar-refractivity contribution in [2.75, 3.05) is 0 Å². The van der Waals surface area contributed by atoms with Crippen LogP contribution in [0.4, 0.5) is 0 Å². The minimum atomic E-state index is -0.241. The molecule has 0 aliphatic heterocycles. The summed E-state index contributed by atoms with van der Waals surface area (Å²) in [6.45, 7) is 3.53. The van der Waals surface area contributed by atoms with E-state index < -0.39 is 0 Å². The maximum atomic E-state index is 9.92. The second kappa shape index (κ2) is 4.62. The van der Waals surface area contributed by atoms with Crippen LogP contribution in [0.5, 0.6) is 0 Å². The second-order valence-corrected chi connectivity index (χ2v) is 1.56. The van der Waals surface area contributed by atoms with Gasteiger partial charge >= 0.3 is 29.6 Å². The van der Waals surface area contributed by atoms with Crippen LogP contribution in [0.1, 0.15) is 15.3 Å². The van der Waals surface area contributed by atoms with Gasteiger partial charge in [0.05, 0.1) is 0 Å². The van der Waals surface area contributed by atoms with Crippen molar-refractivity contribution < 1.29 is 35.8 Å². The minimum Gasteiger partial charge on any atom is -1.00 e. The van der Waals surface area contributed by atoms with Gasteiger partial charge in [-0.05, 0) is 0 Å². The van der Waals surface area contributed by atoms with Crippen LogP contribution in [-0.2, 0) is 4.79 Å². The fraction of sp³-hybridized carbons (Fsp3) is 0.750. The molecule has 0 heterocycles. The summed E-state index contributed by atoms with van der Waals surface area (Å²) in [6.07, 6.45) is 0. The Labute approximate surface area is 67.2 Å². The molecule has 1 amide bonds. The Balaban J connectivity index is -0.000000125. The molecule has 0 aromatic carbocycles. The Morgan fingerprint density at radius 3 is 1.86 bits per heavy atom. The van der Waals surface area contributed by atoms with Gasteiger partial charge in [-0.2, -0.15) is 0 Å². The molecular formula is C4H10NNaO. The van der Waals surface area contributed by atoms with Gasteiger partial charge < -0.3 is 7.16 Å². The van der Waals surface area contributed by atoms with Gasteiger partial charge in [0.25, 0.3) is 0 Å². The van der Waals surface area contributed by atoms with Crippen LogP contribution in [0, 0.1) is 5.92 Å². The third kappa shape index (κ3) is 6.47. The maximum absolute atomic E-state index is 9.92. The number of primary amides is 1. The predicted molar refractivity (Wildman–Crippen MR) is 25.1 cm³/mol. The Hall–Kier alpha value is 0.470. The fourth-order valence-electron chi connectivity index (χ4n) is 0. The largest absolute Gasteiger partial charge is 1.00 e. The summed E-state index contributed by atoms with van der Waals surface area (Å²) in [5, 5.41) is 0. The molecule has 0 bridgehead atoms. The van der Waals surface area contributed by atoms with Crippen molar-refractivity contribution in [3.05, 3.63) is 0 Å². The molecule has 0 aromatic heterocycles. The van der Waals surface area contributed by atoms with E-state index >= 15 is 0 Å². The normalized spacial score (nSPS) is 7.86. The van der Waals surface area contributed by atoms with Crippen molar-refractivity contribution in [2.24, 2.45) is 11.7 Å². The van der Waals surface area contributed by atoms with Gasteiger partial charge in [0.2, 0.25) is 5.91 Å². The maximum Gasteiger partial charge on any atom is 1.00 e. The first-order chi connectivity index (χ1) is 2.64. The molecule has 0 aliphatic carbocycles. The van der Waals surface area contributed by atoms with Crippen LogP contribution in [0.25, 0.3) is 0 Å². The second-order valence-electron chi connectivity index (χ2n) is 1.56. The summed E-state index contributed by atoms with van der Waals surface area (Å²) < 4.78 is 0. The van der Waals surface area contributed by atoms with Gasteiger partial charge in [0.1, 0.15) is 0 Å². The van der Waals surface area contributed by atoms with Gasteiger partial charge in [-0.15, -0.1) is 0 Å². The first-order valence-corrected chi connectivity index (χ1v) is 1.94. The van der Waals surface area contributed by atoms with E-state index in [0.29, 0.717) is 0 Å². The first kappa shape index (κ1) is 10.5. The van der Waals surface area contributed by atoms with E-state index in [4.69, 9.17) is 5.73 Å². The Morgan fingerprint density at radius 2 is 1.86 bits per heavy atom. The summed E-state index contributed by atoms with van der Waals surface area (Å²) in [4.78, 5) is 9.92. The number of hydrogen-bond donors (Lipinski definition) is 1. The number of carbonyl (C=O) groups excluding carboxylic acids is 1. The number of rotatable bonds is 1. The zero-order valence-electron chi connectivity index (χ0n) is 6.06. The average Bonchev–Trinajstić information content (AvgIpc) is 1.36. The van der Waals surface area contributed by atoms with E-state index in [0.717, 1.165) is 0 Å². The van der Waals surface area contributed by atoms with Gasteiger partial charge in [-0.1, -0.05) is 13.8 Å². The van der Waals surface area contributed by atoms with Crippen molar-refractivity contribution in [3.8, 4) is 0 Å². The Morgan fingerprint density at radius 1 is 1.71 bits per heavy atom.